The van der Waals surface area contributed by atoms with Crippen LogP contribution < -0.4 is 5.32 Å². The van der Waals surface area contributed by atoms with E-state index in [-0.39, 0.29) is 17.2 Å². The molecule has 6 heteroatoms. The lowest BCUT2D eigenvalue weighted by atomic mass is 10.1. The third kappa shape index (κ3) is 2.20. The van der Waals surface area contributed by atoms with Crippen molar-refractivity contribution in [2.45, 2.75) is 0 Å². The zero-order valence-electron chi connectivity index (χ0n) is 8.84. The largest absolute Gasteiger partial charge is 0.357 e. The molecule has 1 aromatic heterocycles. The Kier molecular flexibility index (Phi) is 2.95. The Bertz CT molecular complexity index is 558. The molecule has 0 saturated heterocycles. The van der Waals surface area contributed by atoms with Crippen molar-refractivity contribution in [3.05, 3.63) is 41.8 Å². The zero-order valence-corrected chi connectivity index (χ0v) is 8.84. The first-order chi connectivity index (χ1) is 8.11. The van der Waals surface area contributed by atoms with E-state index in [4.69, 9.17) is 0 Å². The molecule has 1 aromatic carbocycles. The van der Waals surface area contributed by atoms with Crippen molar-refractivity contribution >= 4 is 5.95 Å². The number of hydrogen-bond donors (Lipinski definition) is 1. The fourth-order valence-electron chi connectivity index (χ4n) is 1.36. The number of nitrogens with one attached hydrogen (secondary N) is 1. The first-order valence-electron chi connectivity index (χ1n) is 4.77. The standard InChI is InChI=1S/C11H8F3N3/c1-15-11-16-5-9(14)10(17-11)7-3-2-6(12)4-8(7)13/h2-5H,1H3,(H,15,16,17). The van der Waals surface area contributed by atoms with Crippen molar-refractivity contribution in [2.75, 3.05) is 12.4 Å². The van der Waals surface area contributed by atoms with E-state index < -0.39 is 17.5 Å². The molecule has 3 nitrogen and oxygen atoms in total. The maximum Gasteiger partial charge on any atom is 0.223 e. The van der Waals surface area contributed by atoms with Gasteiger partial charge < -0.3 is 5.32 Å². The molecule has 0 aliphatic heterocycles. The Morgan fingerprint density at radius 1 is 1.12 bits per heavy atom. The molecular formula is C11H8F3N3. The number of nitrogens with zero attached hydrogens (tertiary/aromatic N) is 2. The van der Waals surface area contributed by atoms with E-state index in [1.54, 1.807) is 7.05 Å². The molecule has 0 aliphatic rings. The van der Waals surface area contributed by atoms with Gasteiger partial charge in [-0.1, -0.05) is 0 Å². The minimum atomic E-state index is -0.871. The molecule has 0 spiro atoms. The van der Waals surface area contributed by atoms with Gasteiger partial charge in [-0.15, -0.1) is 0 Å². The van der Waals surface area contributed by atoms with E-state index in [1.807, 2.05) is 0 Å². The summed E-state index contributed by atoms with van der Waals surface area (Å²) in [6.07, 6.45) is 0.928. The second-order valence-corrected chi connectivity index (χ2v) is 3.26. The highest BCUT2D eigenvalue weighted by atomic mass is 19.1. The number of benzene rings is 1. The van der Waals surface area contributed by atoms with E-state index in [0.717, 1.165) is 18.3 Å². The van der Waals surface area contributed by atoms with Gasteiger partial charge >= 0.3 is 0 Å². The van der Waals surface area contributed by atoms with Gasteiger partial charge in [0.2, 0.25) is 5.95 Å². The summed E-state index contributed by atoms with van der Waals surface area (Å²) in [6, 6.07) is 2.85. The van der Waals surface area contributed by atoms with Gasteiger partial charge in [0.25, 0.3) is 0 Å². The third-order valence-electron chi connectivity index (χ3n) is 2.15. The highest BCUT2D eigenvalue weighted by Gasteiger charge is 2.13. The number of hydrogen-bond acceptors (Lipinski definition) is 3. The van der Waals surface area contributed by atoms with Crippen molar-refractivity contribution in [3.63, 3.8) is 0 Å². The molecule has 0 aliphatic carbocycles. The Balaban J connectivity index is 2.59. The quantitative estimate of drug-likeness (QED) is 0.875. The lowest BCUT2D eigenvalue weighted by Gasteiger charge is -2.05. The van der Waals surface area contributed by atoms with Crippen molar-refractivity contribution in [2.24, 2.45) is 0 Å². The molecule has 0 saturated carbocycles. The molecule has 88 valence electrons. The number of halogens is 3. The van der Waals surface area contributed by atoms with Gasteiger partial charge in [-0.2, -0.15) is 0 Å². The van der Waals surface area contributed by atoms with Crippen LogP contribution in [0.25, 0.3) is 11.3 Å². The smallest absolute Gasteiger partial charge is 0.223 e. The fourth-order valence-corrected chi connectivity index (χ4v) is 1.36. The maximum absolute atomic E-state index is 13.5. The van der Waals surface area contributed by atoms with Crippen LogP contribution in [0.1, 0.15) is 0 Å². The molecule has 0 amide bonds. The van der Waals surface area contributed by atoms with Crippen LogP contribution in [0.2, 0.25) is 0 Å². The van der Waals surface area contributed by atoms with Gasteiger partial charge in [0.05, 0.1) is 6.20 Å². The third-order valence-corrected chi connectivity index (χ3v) is 2.15. The monoisotopic (exact) mass is 239 g/mol. The SMILES string of the molecule is CNc1ncc(F)c(-c2ccc(F)cc2F)n1. The second-order valence-electron chi connectivity index (χ2n) is 3.26. The lowest BCUT2D eigenvalue weighted by Crippen LogP contribution is -2.01. The average Bonchev–Trinajstić information content (AvgIpc) is 2.30. The van der Waals surface area contributed by atoms with Crippen LogP contribution in [0.3, 0.4) is 0 Å². The zero-order chi connectivity index (χ0) is 12.4. The van der Waals surface area contributed by atoms with Crippen LogP contribution >= 0.6 is 0 Å². The van der Waals surface area contributed by atoms with Gasteiger partial charge in [0.1, 0.15) is 17.3 Å². The van der Waals surface area contributed by atoms with Gasteiger partial charge in [0.15, 0.2) is 5.82 Å². The number of anilines is 1. The van der Waals surface area contributed by atoms with Gasteiger partial charge in [-0.3, -0.25) is 0 Å². The number of rotatable bonds is 2. The molecule has 2 aromatic rings. The fraction of sp³-hybridized carbons (Fsp3) is 0.0909. The molecule has 0 atom stereocenters. The van der Waals surface area contributed by atoms with Crippen molar-refractivity contribution < 1.29 is 13.2 Å². The molecule has 1 heterocycles. The van der Waals surface area contributed by atoms with E-state index in [2.05, 4.69) is 15.3 Å². The van der Waals surface area contributed by atoms with Crippen LogP contribution in [-0.2, 0) is 0 Å². The van der Waals surface area contributed by atoms with E-state index >= 15 is 0 Å². The molecule has 17 heavy (non-hydrogen) atoms. The summed E-state index contributed by atoms with van der Waals surface area (Å²) in [5, 5.41) is 2.61. The van der Waals surface area contributed by atoms with Gasteiger partial charge in [-0.25, -0.2) is 23.1 Å². The Morgan fingerprint density at radius 2 is 1.88 bits per heavy atom. The van der Waals surface area contributed by atoms with E-state index in [1.165, 1.54) is 0 Å². The summed E-state index contributed by atoms with van der Waals surface area (Å²) in [4.78, 5) is 7.43. The van der Waals surface area contributed by atoms with Crippen LogP contribution in [0.4, 0.5) is 19.1 Å². The first-order valence-corrected chi connectivity index (χ1v) is 4.77. The van der Waals surface area contributed by atoms with Gasteiger partial charge in [0, 0.05) is 18.7 Å². The summed E-state index contributed by atoms with van der Waals surface area (Å²) in [5.41, 5.74) is -0.315. The highest BCUT2D eigenvalue weighted by Crippen LogP contribution is 2.24. The second kappa shape index (κ2) is 4.40. The molecular weight excluding hydrogens is 231 g/mol. The number of aromatic nitrogens is 2. The Labute approximate surface area is 95.3 Å². The summed E-state index contributed by atoms with van der Waals surface area (Å²) in [5.74, 6) is -2.21. The lowest BCUT2D eigenvalue weighted by molar-refractivity contribution is 0.580. The molecule has 0 unspecified atom stereocenters. The summed E-state index contributed by atoms with van der Waals surface area (Å²) < 4.78 is 39.7. The van der Waals surface area contributed by atoms with Crippen LogP contribution in [0.5, 0.6) is 0 Å². The summed E-state index contributed by atoms with van der Waals surface area (Å²) in [6.45, 7) is 0. The van der Waals surface area contributed by atoms with E-state index in [9.17, 15) is 13.2 Å². The summed E-state index contributed by atoms with van der Waals surface area (Å²) in [7, 11) is 1.55. The molecule has 0 fully saturated rings. The molecule has 1 N–H and O–H groups in total. The van der Waals surface area contributed by atoms with Crippen LogP contribution in [0.15, 0.2) is 24.4 Å². The summed E-state index contributed by atoms with van der Waals surface area (Å²) >= 11 is 0. The molecule has 0 bridgehead atoms. The Hall–Kier alpha value is -2.11. The van der Waals surface area contributed by atoms with Crippen LogP contribution in [-0.4, -0.2) is 17.0 Å². The average molecular weight is 239 g/mol. The molecule has 0 radical (unpaired) electrons. The van der Waals surface area contributed by atoms with Gasteiger partial charge in [-0.05, 0) is 12.1 Å². The van der Waals surface area contributed by atoms with E-state index in [0.29, 0.717) is 6.07 Å². The first kappa shape index (κ1) is 11.4. The predicted molar refractivity (Wildman–Crippen MR) is 56.9 cm³/mol. The Morgan fingerprint density at radius 3 is 2.53 bits per heavy atom. The predicted octanol–water partition coefficient (Wildman–Crippen LogP) is 2.60. The molecule has 2 rings (SSSR count). The van der Waals surface area contributed by atoms with Crippen molar-refractivity contribution in [1.29, 1.82) is 0 Å². The normalized spacial score (nSPS) is 10.4. The topological polar surface area (TPSA) is 37.8 Å². The van der Waals surface area contributed by atoms with Crippen LogP contribution in [0, 0.1) is 17.5 Å². The highest BCUT2D eigenvalue weighted by molar-refractivity contribution is 5.61. The van der Waals surface area contributed by atoms with Crippen molar-refractivity contribution in [1.82, 2.24) is 9.97 Å². The maximum atomic E-state index is 13.5. The minimum Gasteiger partial charge on any atom is -0.357 e. The minimum absolute atomic E-state index is 0.109. The van der Waals surface area contributed by atoms with Crippen molar-refractivity contribution in [3.8, 4) is 11.3 Å².